The Hall–Kier alpha value is -0.560. The van der Waals surface area contributed by atoms with E-state index in [1.807, 2.05) is 0 Å². The lowest BCUT2D eigenvalue weighted by Gasteiger charge is -2.39. The number of carbonyl (C=O) groups excluding carboxylic acids is 2. The average molecular weight is 567 g/mol. The van der Waals surface area contributed by atoms with E-state index in [1.165, 1.54) is 0 Å². The van der Waals surface area contributed by atoms with Gasteiger partial charge in [0.05, 0.1) is 26.4 Å². The normalized spacial score (nSPS) is 29.4. The molecule has 0 aromatic heterocycles. The van der Waals surface area contributed by atoms with Gasteiger partial charge >= 0.3 is 0 Å². The van der Waals surface area contributed by atoms with Gasteiger partial charge in [-0.1, -0.05) is 79.7 Å². The molecule has 0 saturated carbocycles. The van der Waals surface area contributed by atoms with Gasteiger partial charge in [0.2, 0.25) is 0 Å². The fourth-order valence-corrected chi connectivity index (χ4v) is 6.97. The van der Waals surface area contributed by atoms with E-state index in [9.17, 15) is 9.59 Å². The van der Waals surface area contributed by atoms with Gasteiger partial charge in [-0.05, 0) is 47.3 Å². The third-order valence-corrected chi connectivity index (χ3v) is 10.2. The van der Waals surface area contributed by atoms with Crippen LogP contribution in [-0.4, -0.2) is 48.5 Å². The number of allylic oxidation sites excluding steroid dienone is 4. The van der Waals surface area contributed by atoms with Crippen molar-refractivity contribution < 1.29 is 19.1 Å². The first-order valence-corrected chi connectivity index (χ1v) is 15.6. The van der Waals surface area contributed by atoms with E-state index in [0.29, 0.717) is 50.8 Å². The molecular formula is C32H54O4S2. The molecule has 0 aromatic carbocycles. The van der Waals surface area contributed by atoms with Crippen LogP contribution in [0.5, 0.6) is 0 Å². The molecular weight excluding hydrogens is 512 g/mol. The van der Waals surface area contributed by atoms with Gasteiger partial charge in [0.1, 0.15) is 11.6 Å². The Kier molecular flexibility index (Phi) is 13.2. The number of hydrogen-bond acceptors (Lipinski definition) is 6. The zero-order valence-electron chi connectivity index (χ0n) is 25.1. The highest BCUT2D eigenvalue weighted by atomic mass is 32.1. The van der Waals surface area contributed by atoms with Gasteiger partial charge in [-0.3, -0.25) is 9.59 Å². The molecule has 8 atom stereocenters. The van der Waals surface area contributed by atoms with E-state index in [1.54, 1.807) is 0 Å². The number of hydrogen-bond donors (Lipinski definition) is 2. The number of ether oxygens (including phenoxy) is 2. The van der Waals surface area contributed by atoms with Crippen molar-refractivity contribution in [2.75, 3.05) is 26.4 Å². The predicted octanol–water partition coefficient (Wildman–Crippen LogP) is 7.28. The summed E-state index contributed by atoms with van der Waals surface area (Å²) in [4.78, 5) is 26.2. The molecule has 0 fully saturated rings. The van der Waals surface area contributed by atoms with E-state index >= 15 is 0 Å². The highest BCUT2D eigenvalue weighted by molar-refractivity contribution is 7.81. The third-order valence-electron chi connectivity index (χ3n) is 8.91. The number of rotatable bonds is 15. The smallest absolute Gasteiger partial charge is 0.137 e. The lowest BCUT2D eigenvalue weighted by atomic mass is 9.64. The Morgan fingerprint density at radius 3 is 1.42 bits per heavy atom. The van der Waals surface area contributed by atoms with Gasteiger partial charge in [-0.2, -0.15) is 25.3 Å². The fourth-order valence-electron chi connectivity index (χ4n) is 6.55. The second-order valence-electron chi connectivity index (χ2n) is 13.5. The molecule has 6 heteroatoms. The lowest BCUT2D eigenvalue weighted by molar-refractivity contribution is -0.130. The molecule has 0 radical (unpaired) electrons. The Morgan fingerprint density at radius 1 is 0.763 bits per heavy atom. The van der Waals surface area contributed by atoms with E-state index < -0.39 is 0 Å². The van der Waals surface area contributed by atoms with Crippen molar-refractivity contribution in [3.05, 3.63) is 24.3 Å². The molecule has 2 aliphatic rings. The summed E-state index contributed by atoms with van der Waals surface area (Å²) in [5.74, 6) is 1.65. The maximum absolute atomic E-state index is 13.1. The van der Waals surface area contributed by atoms with Gasteiger partial charge in [0, 0.05) is 35.2 Å². The molecule has 0 heterocycles. The molecule has 0 aromatic rings. The molecule has 0 amide bonds. The van der Waals surface area contributed by atoms with Crippen molar-refractivity contribution in [2.24, 2.45) is 46.3 Å². The van der Waals surface area contributed by atoms with Crippen LogP contribution >= 0.6 is 25.3 Å². The minimum Gasteiger partial charge on any atom is -0.378 e. The molecule has 0 saturated heterocycles. The Morgan fingerprint density at radius 2 is 1.11 bits per heavy atom. The zero-order valence-corrected chi connectivity index (χ0v) is 26.9. The van der Waals surface area contributed by atoms with Crippen LogP contribution in [-0.2, 0) is 19.1 Å². The summed E-state index contributed by atoms with van der Waals surface area (Å²) in [5.41, 5.74) is 0.00550. The molecule has 38 heavy (non-hydrogen) atoms. The summed E-state index contributed by atoms with van der Waals surface area (Å²) in [6, 6.07) is 0. The molecule has 0 aliphatic heterocycles. The zero-order chi connectivity index (χ0) is 28.7. The van der Waals surface area contributed by atoms with Crippen LogP contribution in [0, 0.1) is 46.3 Å². The quantitative estimate of drug-likeness (QED) is 0.124. The van der Waals surface area contributed by atoms with Gasteiger partial charge in [0.15, 0.2) is 0 Å². The van der Waals surface area contributed by atoms with Gasteiger partial charge in [-0.15, -0.1) is 0 Å². The van der Waals surface area contributed by atoms with Gasteiger partial charge < -0.3 is 9.47 Å². The Labute approximate surface area is 244 Å². The lowest BCUT2D eigenvalue weighted by Crippen LogP contribution is -2.38. The van der Waals surface area contributed by atoms with Crippen molar-refractivity contribution in [3.8, 4) is 0 Å². The monoisotopic (exact) mass is 566 g/mol. The first-order valence-electron chi connectivity index (χ1n) is 14.6. The van der Waals surface area contributed by atoms with Crippen molar-refractivity contribution in [1.29, 1.82) is 0 Å². The summed E-state index contributed by atoms with van der Waals surface area (Å²) in [5, 5.41) is 0.00266. The molecule has 0 N–H and O–H groups in total. The van der Waals surface area contributed by atoms with E-state index in [4.69, 9.17) is 34.7 Å². The summed E-state index contributed by atoms with van der Waals surface area (Å²) >= 11 is 9.45. The largest absolute Gasteiger partial charge is 0.378 e. The number of thiol groups is 2. The molecule has 218 valence electrons. The second-order valence-corrected chi connectivity index (χ2v) is 14.8. The molecule has 2 aliphatic carbocycles. The maximum Gasteiger partial charge on any atom is 0.137 e. The SMILES string of the molecule is CC1C=CCC(C)(C)C1C(=O)CC(C)C(S)COCCOCC(S)C(C)CC(=O)C1C(C)C=CCC1(C)C. The molecule has 2 rings (SSSR count). The first kappa shape index (κ1) is 33.6. The topological polar surface area (TPSA) is 52.6 Å². The second kappa shape index (κ2) is 14.9. The van der Waals surface area contributed by atoms with E-state index in [0.717, 1.165) is 12.8 Å². The molecule has 0 spiro atoms. The van der Waals surface area contributed by atoms with Crippen LogP contribution in [0.1, 0.15) is 81.1 Å². The standard InChI is InChI=1S/C32H54O4S2/c1-21-11-9-13-31(5,6)29(21)25(33)17-23(3)27(37)19-35-15-16-36-20-28(38)24(4)18-26(34)30-22(2)12-10-14-32(30,7)8/h9-12,21-24,27-30,37-38H,13-20H2,1-8H3. The van der Waals surface area contributed by atoms with Crippen LogP contribution in [0.15, 0.2) is 24.3 Å². The summed E-state index contributed by atoms with van der Waals surface area (Å²) in [6.45, 7) is 19.2. The van der Waals surface area contributed by atoms with Crippen LogP contribution in [0.2, 0.25) is 0 Å². The summed E-state index contributed by atoms with van der Waals surface area (Å²) in [7, 11) is 0. The molecule has 0 bridgehead atoms. The van der Waals surface area contributed by atoms with Crippen LogP contribution in [0.4, 0.5) is 0 Å². The summed E-state index contributed by atoms with van der Waals surface area (Å²) in [6.07, 6.45) is 11.8. The highest BCUT2D eigenvalue weighted by Crippen LogP contribution is 2.43. The third kappa shape index (κ3) is 9.52. The van der Waals surface area contributed by atoms with Gasteiger partial charge in [-0.25, -0.2) is 0 Å². The number of carbonyl (C=O) groups is 2. The fraction of sp³-hybridized carbons (Fsp3) is 0.812. The Bertz CT molecular complexity index is 765. The van der Waals surface area contributed by atoms with E-state index in [-0.39, 0.29) is 56.8 Å². The number of Topliss-reactive ketones (excluding diaryl/α,β-unsaturated/α-hetero) is 2. The van der Waals surface area contributed by atoms with E-state index in [2.05, 4.69) is 79.7 Å². The van der Waals surface area contributed by atoms with Crippen LogP contribution in [0.3, 0.4) is 0 Å². The first-order chi connectivity index (χ1) is 17.7. The molecule has 4 nitrogen and oxygen atoms in total. The molecule has 8 unspecified atom stereocenters. The maximum atomic E-state index is 13.1. The van der Waals surface area contributed by atoms with Crippen molar-refractivity contribution in [3.63, 3.8) is 0 Å². The van der Waals surface area contributed by atoms with Gasteiger partial charge in [0.25, 0.3) is 0 Å². The highest BCUT2D eigenvalue weighted by Gasteiger charge is 2.41. The predicted molar refractivity (Wildman–Crippen MR) is 165 cm³/mol. The van der Waals surface area contributed by atoms with Crippen molar-refractivity contribution in [2.45, 2.75) is 91.6 Å². The average Bonchev–Trinajstić information content (AvgIpc) is 2.79. The van der Waals surface area contributed by atoms with Crippen LogP contribution in [0.25, 0.3) is 0 Å². The Balaban J connectivity index is 1.65. The summed E-state index contributed by atoms with van der Waals surface area (Å²) < 4.78 is 11.6. The minimum absolute atomic E-state index is 0.00133. The number of ketones is 2. The van der Waals surface area contributed by atoms with Crippen LogP contribution < -0.4 is 0 Å². The van der Waals surface area contributed by atoms with Crippen molar-refractivity contribution in [1.82, 2.24) is 0 Å². The minimum atomic E-state index is 0.00133. The van der Waals surface area contributed by atoms with Crippen molar-refractivity contribution >= 4 is 36.8 Å².